The van der Waals surface area contributed by atoms with E-state index in [2.05, 4.69) is 34.6 Å². The second-order valence-electron chi connectivity index (χ2n) is 5.91. The molecule has 2 fully saturated rings. The molecule has 2 rings (SSSR count). The van der Waals surface area contributed by atoms with E-state index >= 15 is 0 Å². The lowest BCUT2D eigenvalue weighted by Gasteiger charge is -2.30. The average molecular weight is 252 g/mol. The van der Waals surface area contributed by atoms with Crippen LogP contribution in [0.4, 0.5) is 0 Å². The molecule has 0 spiro atoms. The van der Waals surface area contributed by atoms with Crippen LogP contribution in [0.3, 0.4) is 0 Å². The first-order valence-corrected chi connectivity index (χ1v) is 7.64. The molecule has 0 heterocycles. The molecule has 104 valence electrons. The van der Waals surface area contributed by atoms with Crippen LogP contribution in [-0.2, 0) is 0 Å². The first-order valence-electron chi connectivity index (χ1n) is 7.64. The van der Waals surface area contributed by atoms with Crippen molar-refractivity contribution in [1.29, 1.82) is 0 Å². The zero-order valence-electron chi connectivity index (χ0n) is 12.0. The second-order valence-corrected chi connectivity index (χ2v) is 5.91. The Labute approximate surface area is 111 Å². The van der Waals surface area contributed by atoms with Gasteiger partial charge in [-0.05, 0) is 25.7 Å². The van der Waals surface area contributed by atoms with E-state index in [0.717, 1.165) is 0 Å². The van der Waals surface area contributed by atoms with Crippen LogP contribution in [0.5, 0.6) is 0 Å². The predicted molar refractivity (Wildman–Crippen MR) is 74.1 cm³/mol. The van der Waals surface area contributed by atoms with Crippen molar-refractivity contribution in [3.63, 3.8) is 0 Å². The molecule has 2 aliphatic rings. The van der Waals surface area contributed by atoms with Gasteiger partial charge in [-0.3, -0.25) is 10.0 Å². The van der Waals surface area contributed by atoms with E-state index in [1.165, 1.54) is 64.2 Å². The molecule has 2 aliphatic carbocycles. The minimum absolute atomic E-state index is 0.613. The lowest BCUT2D eigenvalue weighted by Crippen LogP contribution is -2.32. The highest BCUT2D eigenvalue weighted by Gasteiger charge is 2.19. The molecule has 0 aromatic rings. The van der Waals surface area contributed by atoms with E-state index < -0.39 is 0 Å². The van der Waals surface area contributed by atoms with E-state index in [1.807, 2.05) is 0 Å². The minimum atomic E-state index is 0.613. The first kappa shape index (κ1) is 13.6. The van der Waals surface area contributed by atoms with Gasteiger partial charge in [0.1, 0.15) is 0 Å². The number of hydrogen-bond acceptors (Lipinski definition) is 2. The molecular formula is C14H28N4. The molecule has 0 unspecified atom stereocenters. The molecule has 4 heteroatoms. The molecule has 0 amide bonds. The molecule has 0 aromatic heterocycles. The molecule has 0 aromatic carbocycles. The van der Waals surface area contributed by atoms with Crippen LogP contribution in [0.25, 0.3) is 0 Å². The van der Waals surface area contributed by atoms with Crippen molar-refractivity contribution in [2.75, 3.05) is 14.1 Å². The van der Waals surface area contributed by atoms with E-state index in [1.54, 1.807) is 0 Å². The van der Waals surface area contributed by atoms with Crippen molar-refractivity contribution >= 4 is 0 Å². The Morgan fingerprint density at radius 3 is 1.28 bits per heavy atom. The summed E-state index contributed by atoms with van der Waals surface area (Å²) in [6.45, 7) is 0. The van der Waals surface area contributed by atoms with Gasteiger partial charge in [0.2, 0.25) is 0 Å². The fraction of sp³-hybridized carbons (Fsp3) is 1.00. The Morgan fingerprint density at radius 1 is 0.611 bits per heavy atom. The number of nitrogens with zero attached hydrogens (tertiary/aromatic N) is 4. The Bertz CT molecular complexity index is 229. The zero-order chi connectivity index (χ0) is 12.8. The molecule has 4 nitrogen and oxygen atoms in total. The summed E-state index contributed by atoms with van der Waals surface area (Å²) in [5.74, 6) is 0. The van der Waals surface area contributed by atoms with Crippen LogP contribution >= 0.6 is 0 Å². The van der Waals surface area contributed by atoms with E-state index in [0.29, 0.717) is 12.1 Å². The van der Waals surface area contributed by atoms with Crippen LogP contribution in [0.1, 0.15) is 64.2 Å². The lowest BCUT2D eigenvalue weighted by molar-refractivity contribution is 0.133. The quantitative estimate of drug-likeness (QED) is 0.563. The number of hydrogen-bond donors (Lipinski definition) is 0. The molecular weight excluding hydrogens is 224 g/mol. The predicted octanol–water partition coefficient (Wildman–Crippen LogP) is 3.80. The van der Waals surface area contributed by atoms with E-state index in [-0.39, 0.29) is 0 Å². The topological polar surface area (TPSA) is 31.2 Å². The molecule has 0 aliphatic heterocycles. The van der Waals surface area contributed by atoms with Crippen LogP contribution in [0.15, 0.2) is 10.4 Å². The van der Waals surface area contributed by atoms with Gasteiger partial charge in [-0.2, -0.15) is 0 Å². The van der Waals surface area contributed by atoms with Gasteiger partial charge in [0.05, 0.1) is 0 Å². The highest BCUT2D eigenvalue weighted by Crippen LogP contribution is 2.23. The molecule has 0 atom stereocenters. The Kier molecular flexibility index (Phi) is 5.26. The SMILES string of the molecule is CN(/N=N/N(C)C1CCCCC1)C1CCCCC1. The van der Waals surface area contributed by atoms with Gasteiger partial charge < -0.3 is 0 Å². The Hall–Kier alpha value is -0.800. The maximum absolute atomic E-state index is 4.41. The summed E-state index contributed by atoms with van der Waals surface area (Å²) in [4.78, 5) is 0. The summed E-state index contributed by atoms with van der Waals surface area (Å²) in [5, 5.41) is 13.0. The van der Waals surface area contributed by atoms with Gasteiger partial charge >= 0.3 is 0 Å². The fourth-order valence-corrected chi connectivity index (χ4v) is 3.18. The summed E-state index contributed by atoms with van der Waals surface area (Å²) in [6.07, 6.45) is 13.3. The summed E-state index contributed by atoms with van der Waals surface area (Å²) in [6, 6.07) is 1.23. The maximum atomic E-state index is 4.41. The van der Waals surface area contributed by atoms with Crippen LogP contribution in [-0.4, -0.2) is 36.2 Å². The Balaban J connectivity index is 1.77. The summed E-state index contributed by atoms with van der Waals surface area (Å²) in [7, 11) is 4.16. The van der Waals surface area contributed by atoms with Crippen molar-refractivity contribution in [2.24, 2.45) is 10.4 Å². The first-order chi connectivity index (χ1) is 8.77. The normalized spacial score (nSPS) is 23.4. The van der Waals surface area contributed by atoms with Crippen molar-refractivity contribution in [3.8, 4) is 0 Å². The van der Waals surface area contributed by atoms with Gasteiger partial charge in [0.15, 0.2) is 0 Å². The molecule has 2 saturated carbocycles. The van der Waals surface area contributed by atoms with Gasteiger partial charge in [-0.15, -0.1) is 0 Å². The smallest absolute Gasteiger partial charge is 0.0485 e. The number of rotatable bonds is 4. The summed E-state index contributed by atoms with van der Waals surface area (Å²) >= 11 is 0. The lowest BCUT2D eigenvalue weighted by atomic mass is 9.95. The molecule has 0 saturated heterocycles. The third kappa shape index (κ3) is 3.85. The van der Waals surface area contributed by atoms with E-state index in [9.17, 15) is 0 Å². The molecule has 0 N–H and O–H groups in total. The highest BCUT2D eigenvalue weighted by atomic mass is 15.7. The summed E-state index contributed by atoms with van der Waals surface area (Å²) in [5.41, 5.74) is 0. The van der Waals surface area contributed by atoms with Crippen molar-refractivity contribution in [3.05, 3.63) is 0 Å². The monoisotopic (exact) mass is 252 g/mol. The zero-order valence-corrected chi connectivity index (χ0v) is 12.0. The van der Waals surface area contributed by atoms with Gasteiger partial charge in [-0.1, -0.05) is 49.0 Å². The molecule has 18 heavy (non-hydrogen) atoms. The average Bonchev–Trinajstić information content (AvgIpc) is 2.46. The third-order valence-corrected chi connectivity index (χ3v) is 4.53. The standard InChI is InChI=1S/C14H28N4/c1-17(13-9-5-3-6-10-13)15-16-18(2)14-11-7-4-8-12-14/h13-14H,3-12H2,1-2H3/b16-15+. The molecule has 0 radical (unpaired) electrons. The van der Waals surface area contributed by atoms with Crippen molar-refractivity contribution < 1.29 is 0 Å². The Morgan fingerprint density at radius 2 is 0.944 bits per heavy atom. The van der Waals surface area contributed by atoms with Gasteiger partial charge in [-0.25, -0.2) is 0 Å². The maximum Gasteiger partial charge on any atom is 0.0485 e. The second kappa shape index (κ2) is 6.95. The van der Waals surface area contributed by atoms with Crippen LogP contribution < -0.4 is 0 Å². The molecule has 0 bridgehead atoms. The van der Waals surface area contributed by atoms with Crippen molar-refractivity contribution in [1.82, 2.24) is 10.0 Å². The fourth-order valence-electron chi connectivity index (χ4n) is 3.18. The minimum Gasteiger partial charge on any atom is -0.277 e. The van der Waals surface area contributed by atoms with E-state index in [4.69, 9.17) is 0 Å². The van der Waals surface area contributed by atoms with Crippen LogP contribution in [0, 0.1) is 0 Å². The largest absolute Gasteiger partial charge is 0.277 e. The van der Waals surface area contributed by atoms with Gasteiger partial charge in [0.25, 0.3) is 0 Å². The summed E-state index contributed by atoms with van der Waals surface area (Å²) < 4.78 is 0. The van der Waals surface area contributed by atoms with Gasteiger partial charge in [0, 0.05) is 26.2 Å². The third-order valence-electron chi connectivity index (χ3n) is 4.53. The highest BCUT2D eigenvalue weighted by molar-refractivity contribution is 4.72. The van der Waals surface area contributed by atoms with Crippen LogP contribution in [0.2, 0.25) is 0 Å². The van der Waals surface area contributed by atoms with Crippen molar-refractivity contribution in [2.45, 2.75) is 76.3 Å².